The zero-order chi connectivity index (χ0) is 20.7. The van der Waals surface area contributed by atoms with Gasteiger partial charge in [-0.05, 0) is 27.1 Å². The highest BCUT2D eigenvalue weighted by Crippen LogP contribution is 2.36. The lowest BCUT2D eigenvalue weighted by Crippen LogP contribution is -2.68. The van der Waals surface area contributed by atoms with Crippen molar-refractivity contribution in [2.45, 2.75) is 25.8 Å². The van der Waals surface area contributed by atoms with E-state index < -0.39 is 8.32 Å². The van der Waals surface area contributed by atoms with Gasteiger partial charge in [-0.1, -0.05) is 112 Å². The van der Waals surface area contributed by atoms with E-state index in [0.717, 1.165) is 15.9 Å². The van der Waals surface area contributed by atoms with Gasteiger partial charge in [-0.15, -0.1) is 0 Å². The summed E-state index contributed by atoms with van der Waals surface area (Å²) in [6.45, 7) is 6.52. The second-order valence-electron chi connectivity index (χ2n) is 7.98. The van der Waals surface area contributed by atoms with E-state index in [9.17, 15) is 4.79 Å². The Bertz CT molecular complexity index is 909. The van der Waals surface area contributed by atoms with Crippen LogP contribution in [0, 0.1) is 0 Å². The Balaban J connectivity index is 1.93. The minimum absolute atomic E-state index is 0.202. The van der Waals surface area contributed by atoms with Crippen LogP contribution < -0.4 is 15.9 Å². The lowest BCUT2D eigenvalue weighted by atomic mass is 10.2. The normalized spacial score (nSPS) is 12.1. The predicted molar refractivity (Wildman–Crippen MR) is 122 cm³/mol. The maximum Gasteiger partial charge on any atom is 0.295 e. The number of hydroxylamine groups is 1. The summed E-state index contributed by atoms with van der Waals surface area (Å²) in [4.78, 5) is 12.6. The van der Waals surface area contributed by atoms with Crippen molar-refractivity contribution < 1.29 is 9.32 Å². The standard InChI is InChI=1S/C25H27NO2Si/c1-25(2,3)29(22-15-9-5-10-16-22,23-17-11-6-12-18-23)28-26-24(27)20-19-21-13-7-4-8-14-21/h4-20H,1-3H3,(H,26,27)/b20-19+. The number of hydrogen-bond acceptors (Lipinski definition) is 2. The number of carbonyl (C=O) groups excluding carboxylic acids is 1. The molecule has 0 heterocycles. The SMILES string of the molecule is CC(C)(C)[Si](ONC(=O)/C=C/c1ccccc1)(c1ccccc1)c1ccccc1. The predicted octanol–water partition coefficient (Wildman–Crippen LogP) is 4.31. The third kappa shape index (κ3) is 4.73. The van der Waals surface area contributed by atoms with Crippen LogP contribution in [0.15, 0.2) is 97.1 Å². The summed E-state index contributed by atoms with van der Waals surface area (Å²) in [6.07, 6.45) is 3.29. The molecule has 0 atom stereocenters. The van der Waals surface area contributed by atoms with E-state index in [-0.39, 0.29) is 10.9 Å². The van der Waals surface area contributed by atoms with Gasteiger partial charge in [0.1, 0.15) is 0 Å². The minimum Gasteiger partial charge on any atom is -0.308 e. The summed E-state index contributed by atoms with van der Waals surface area (Å²) in [7, 11) is -2.79. The van der Waals surface area contributed by atoms with E-state index in [1.165, 1.54) is 6.08 Å². The van der Waals surface area contributed by atoms with Crippen LogP contribution in [0.4, 0.5) is 0 Å². The Morgan fingerprint density at radius 2 is 1.24 bits per heavy atom. The van der Waals surface area contributed by atoms with Crippen LogP contribution in [0.1, 0.15) is 26.3 Å². The highest BCUT2D eigenvalue weighted by molar-refractivity contribution is 6.99. The lowest BCUT2D eigenvalue weighted by molar-refractivity contribution is -0.123. The molecule has 0 fully saturated rings. The van der Waals surface area contributed by atoms with Crippen LogP contribution in [-0.4, -0.2) is 14.2 Å². The summed E-state index contributed by atoms with van der Waals surface area (Å²) in [5.74, 6) is -0.276. The first-order valence-corrected chi connectivity index (χ1v) is 11.7. The van der Waals surface area contributed by atoms with E-state index in [0.29, 0.717) is 0 Å². The molecule has 4 heteroatoms. The van der Waals surface area contributed by atoms with Crippen molar-refractivity contribution in [3.63, 3.8) is 0 Å². The molecule has 0 radical (unpaired) electrons. The average molecular weight is 402 g/mol. The molecule has 3 rings (SSSR count). The zero-order valence-electron chi connectivity index (χ0n) is 17.1. The Hall–Kier alpha value is -2.95. The number of carbonyl (C=O) groups is 1. The summed E-state index contributed by atoms with van der Waals surface area (Å²) < 4.78 is 6.40. The van der Waals surface area contributed by atoms with Gasteiger partial charge in [-0.3, -0.25) is 4.79 Å². The Morgan fingerprint density at radius 3 is 1.69 bits per heavy atom. The number of amides is 1. The van der Waals surface area contributed by atoms with E-state index in [2.05, 4.69) is 50.5 Å². The summed E-state index contributed by atoms with van der Waals surface area (Å²) >= 11 is 0. The van der Waals surface area contributed by atoms with Crippen molar-refractivity contribution in [3.05, 3.63) is 103 Å². The molecule has 3 nitrogen and oxygen atoms in total. The maximum atomic E-state index is 12.6. The van der Waals surface area contributed by atoms with E-state index >= 15 is 0 Å². The van der Waals surface area contributed by atoms with Gasteiger partial charge >= 0.3 is 0 Å². The molecule has 0 aliphatic heterocycles. The number of hydrogen-bond donors (Lipinski definition) is 1. The summed E-state index contributed by atoms with van der Waals surface area (Å²) in [6, 6.07) is 30.2. The van der Waals surface area contributed by atoms with Gasteiger partial charge in [0.05, 0.1) is 0 Å². The van der Waals surface area contributed by atoms with Gasteiger partial charge in [-0.2, -0.15) is 0 Å². The van der Waals surface area contributed by atoms with Crippen molar-refractivity contribution in [1.82, 2.24) is 5.48 Å². The molecule has 1 amide bonds. The quantitative estimate of drug-likeness (QED) is 0.380. The molecule has 3 aromatic rings. The van der Waals surface area contributed by atoms with Crippen LogP contribution >= 0.6 is 0 Å². The van der Waals surface area contributed by atoms with Crippen LogP contribution in [0.25, 0.3) is 6.08 Å². The van der Waals surface area contributed by atoms with E-state index in [4.69, 9.17) is 4.53 Å². The summed E-state index contributed by atoms with van der Waals surface area (Å²) in [5.41, 5.74) is 3.70. The first-order valence-electron chi connectivity index (χ1n) is 9.76. The summed E-state index contributed by atoms with van der Waals surface area (Å²) in [5, 5.41) is 2.03. The van der Waals surface area contributed by atoms with Gasteiger partial charge < -0.3 is 4.53 Å². The fourth-order valence-electron chi connectivity index (χ4n) is 3.55. The van der Waals surface area contributed by atoms with Crippen LogP contribution in [0.2, 0.25) is 5.04 Å². The third-order valence-corrected chi connectivity index (χ3v) is 9.76. The maximum absolute atomic E-state index is 12.6. The number of nitrogens with one attached hydrogen (secondary N) is 1. The van der Waals surface area contributed by atoms with Crippen molar-refractivity contribution in [3.8, 4) is 0 Å². The molecule has 0 bridgehead atoms. The van der Waals surface area contributed by atoms with Crippen molar-refractivity contribution in [1.29, 1.82) is 0 Å². The second kappa shape index (κ2) is 9.03. The molecule has 1 N–H and O–H groups in total. The van der Waals surface area contributed by atoms with Gasteiger partial charge in [0.2, 0.25) is 0 Å². The van der Waals surface area contributed by atoms with Gasteiger partial charge in [0.25, 0.3) is 14.2 Å². The largest absolute Gasteiger partial charge is 0.308 e. The first kappa shape index (κ1) is 20.8. The average Bonchev–Trinajstić information content (AvgIpc) is 2.74. The smallest absolute Gasteiger partial charge is 0.295 e. The lowest BCUT2D eigenvalue weighted by Gasteiger charge is -2.41. The first-order chi connectivity index (χ1) is 13.9. The van der Waals surface area contributed by atoms with Crippen molar-refractivity contribution in [2.75, 3.05) is 0 Å². The van der Waals surface area contributed by atoms with Crippen LogP contribution in [0.3, 0.4) is 0 Å². The molecule has 0 spiro atoms. The van der Waals surface area contributed by atoms with Crippen molar-refractivity contribution in [2.24, 2.45) is 0 Å². The molecular weight excluding hydrogens is 374 g/mol. The molecule has 0 unspecified atom stereocenters. The molecule has 0 saturated heterocycles. The number of benzene rings is 3. The highest BCUT2D eigenvalue weighted by Gasteiger charge is 2.51. The second-order valence-corrected chi connectivity index (χ2v) is 12.2. The molecule has 148 valence electrons. The highest BCUT2D eigenvalue weighted by atomic mass is 28.4. The van der Waals surface area contributed by atoms with Gasteiger partial charge in [0, 0.05) is 6.08 Å². The molecule has 3 aromatic carbocycles. The molecule has 0 aromatic heterocycles. The Morgan fingerprint density at radius 1 is 0.793 bits per heavy atom. The Labute approximate surface area is 174 Å². The molecule has 29 heavy (non-hydrogen) atoms. The van der Waals surface area contributed by atoms with Crippen molar-refractivity contribution >= 4 is 30.7 Å². The zero-order valence-corrected chi connectivity index (χ0v) is 18.1. The topological polar surface area (TPSA) is 38.3 Å². The third-order valence-electron chi connectivity index (χ3n) is 4.95. The van der Waals surface area contributed by atoms with E-state index in [1.807, 2.05) is 66.7 Å². The molecular formula is C25H27NO2Si. The fraction of sp³-hybridized carbons (Fsp3) is 0.160. The minimum atomic E-state index is -2.79. The monoisotopic (exact) mass is 401 g/mol. The molecule has 0 saturated carbocycles. The van der Waals surface area contributed by atoms with Gasteiger partial charge in [0.15, 0.2) is 0 Å². The van der Waals surface area contributed by atoms with E-state index in [1.54, 1.807) is 6.08 Å². The van der Waals surface area contributed by atoms with Crippen LogP contribution in [-0.2, 0) is 9.32 Å². The van der Waals surface area contributed by atoms with Crippen LogP contribution in [0.5, 0.6) is 0 Å². The molecule has 0 aliphatic rings. The molecule has 0 aliphatic carbocycles. The Kier molecular flexibility index (Phi) is 6.47. The van der Waals surface area contributed by atoms with Gasteiger partial charge in [-0.25, -0.2) is 5.48 Å². The number of rotatable bonds is 6. The fourth-order valence-corrected chi connectivity index (χ4v) is 7.73.